The Morgan fingerprint density at radius 1 is 0.596 bits per heavy atom. The Kier molecular flexibility index (Phi) is 12.0. The topological polar surface area (TPSA) is 154 Å². The second-order valence-corrected chi connectivity index (χ2v) is 10.2. The highest BCUT2D eigenvalue weighted by molar-refractivity contribution is 6.31. The minimum atomic E-state index is -0.692. The normalized spacial score (nSPS) is 10.8. The van der Waals surface area contributed by atoms with Crippen LogP contribution >= 0.6 is 23.2 Å². The molecule has 47 heavy (non-hydrogen) atoms. The van der Waals surface area contributed by atoms with Gasteiger partial charge in [0.25, 0.3) is 0 Å². The van der Waals surface area contributed by atoms with Gasteiger partial charge in [0, 0.05) is 10.0 Å². The van der Waals surface area contributed by atoms with E-state index in [0.717, 1.165) is 0 Å². The van der Waals surface area contributed by atoms with Crippen LogP contribution in [-0.2, 0) is 9.59 Å². The van der Waals surface area contributed by atoms with Crippen LogP contribution in [0.25, 0.3) is 0 Å². The lowest BCUT2D eigenvalue weighted by Gasteiger charge is -2.10. The van der Waals surface area contributed by atoms with Crippen LogP contribution in [0.3, 0.4) is 0 Å². The maximum Gasteiger partial charge on any atom is 0.343 e. The van der Waals surface area contributed by atoms with Gasteiger partial charge in [-0.2, -0.15) is 10.2 Å². The maximum atomic E-state index is 12.4. The zero-order chi connectivity index (χ0) is 33.8. The summed E-state index contributed by atoms with van der Waals surface area (Å²) in [5.74, 6) is -1.71. The van der Waals surface area contributed by atoms with Crippen molar-refractivity contribution in [2.45, 2.75) is 6.42 Å². The molecule has 0 saturated heterocycles. The van der Waals surface area contributed by atoms with E-state index in [2.05, 4.69) is 21.1 Å². The van der Waals surface area contributed by atoms with Crippen molar-refractivity contribution in [2.24, 2.45) is 10.2 Å². The molecule has 0 unspecified atom stereocenters. The van der Waals surface area contributed by atoms with Gasteiger partial charge in [-0.1, -0.05) is 23.2 Å². The van der Waals surface area contributed by atoms with Crippen molar-refractivity contribution < 1.29 is 38.1 Å². The van der Waals surface area contributed by atoms with E-state index < -0.39 is 30.2 Å². The third-order valence-electron chi connectivity index (χ3n) is 6.07. The molecule has 0 bridgehead atoms. The second-order valence-electron chi connectivity index (χ2n) is 9.38. The van der Waals surface area contributed by atoms with E-state index >= 15 is 0 Å². The molecule has 12 nitrogen and oxygen atoms in total. The quantitative estimate of drug-likeness (QED) is 0.0661. The molecule has 4 aromatic rings. The van der Waals surface area contributed by atoms with Gasteiger partial charge in [0.2, 0.25) is 11.8 Å². The highest BCUT2D eigenvalue weighted by Gasteiger charge is 2.15. The Morgan fingerprint density at radius 2 is 0.979 bits per heavy atom. The summed E-state index contributed by atoms with van der Waals surface area (Å²) in [5, 5.41) is 8.66. The summed E-state index contributed by atoms with van der Waals surface area (Å²) in [6.45, 7) is 0. The van der Waals surface area contributed by atoms with E-state index in [0.29, 0.717) is 32.3 Å². The highest BCUT2D eigenvalue weighted by atomic mass is 35.5. The van der Waals surface area contributed by atoms with Crippen molar-refractivity contribution in [2.75, 3.05) is 14.2 Å². The van der Waals surface area contributed by atoms with Crippen molar-refractivity contribution in [1.82, 2.24) is 10.9 Å². The van der Waals surface area contributed by atoms with Crippen LogP contribution in [0.1, 0.15) is 38.3 Å². The Labute approximate surface area is 278 Å². The molecule has 2 N–H and O–H groups in total. The molecule has 0 spiro atoms. The van der Waals surface area contributed by atoms with E-state index in [1.165, 1.54) is 63.0 Å². The smallest absolute Gasteiger partial charge is 0.343 e. The first-order valence-corrected chi connectivity index (χ1v) is 14.4. The molecule has 0 aliphatic rings. The number of nitrogens with one attached hydrogen (secondary N) is 2. The highest BCUT2D eigenvalue weighted by Crippen LogP contribution is 2.29. The number of amides is 2. The van der Waals surface area contributed by atoms with Gasteiger partial charge in [-0.15, -0.1) is 0 Å². The number of carbonyl (C=O) groups excluding carboxylic acids is 4. The standard InChI is InChI=1S/C33H26Cl2N4O8/c1-44-28-15-20(3-13-26(28)46-32(42)22-5-9-24(34)10-6-22)18-36-38-30(40)17-31(41)39-37-19-21-4-14-27(29(16-21)45-2)47-33(43)23-7-11-25(35)12-8-23/h3-16,18-19H,17H2,1-2H3,(H,38,40)(H,39,41)/b36-18-,37-19-. The average molecular weight is 677 g/mol. The van der Waals surface area contributed by atoms with Crippen molar-refractivity contribution in [3.63, 3.8) is 0 Å². The summed E-state index contributed by atoms with van der Waals surface area (Å²) in [5.41, 5.74) is 6.15. The molecule has 240 valence electrons. The third-order valence-corrected chi connectivity index (χ3v) is 6.57. The molecule has 4 rings (SSSR count). The molecule has 14 heteroatoms. The number of hydrogen-bond donors (Lipinski definition) is 2. The predicted octanol–water partition coefficient (Wildman–Crippen LogP) is 5.44. The lowest BCUT2D eigenvalue weighted by Crippen LogP contribution is -2.27. The Hall–Kier alpha value is -5.72. The summed E-state index contributed by atoms with van der Waals surface area (Å²) in [4.78, 5) is 49.2. The monoisotopic (exact) mass is 676 g/mol. The SMILES string of the molecule is COc1cc(/C=N\NC(=O)CC(=O)N/N=C\c2ccc(OC(=O)c3ccc(Cl)cc3)c(OC)c2)ccc1OC(=O)c1ccc(Cl)cc1. The van der Waals surface area contributed by atoms with Crippen LogP contribution in [-0.4, -0.2) is 50.4 Å². The summed E-state index contributed by atoms with van der Waals surface area (Å²) in [7, 11) is 2.82. The zero-order valence-corrected chi connectivity index (χ0v) is 26.4. The van der Waals surface area contributed by atoms with Crippen molar-refractivity contribution in [3.05, 3.63) is 117 Å². The first-order chi connectivity index (χ1) is 22.6. The minimum absolute atomic E-state index is 0.179. The molecular weight excluding hydrogens is 651 g/mol. The molecule has 0 saturated carbocycles. The molecule has 0 heterocycles. The zero-order valence-electron chi connectivity index (χ0n) is 24.9. The lowest BCUT2D eigenvalue weighted by molar-refractivity contribution is -0.129. The largest absolute Gasteiger partial charge is 0.493 e. The van der Waals surface area contributed by atoms with Gasteiger partial charge in [0.05, 0.1) is 37.8 Å². The second kappa shape index (κ2) is 16.5. The van der Waals surface area contributed by atoms with E-state index in [-0.39, 0.29) is 23.0 Å². The molecule has 0 atom stereocenters. The first-order valence-electron chi connectivity index (χ1n) is 13.6. The van der Waals surface area contributed by atoms with Crippen LogP contribution in [0.5, 0.6) is 23.0 Å². The van der Waals surface area contributed by atoms with E-state index in [1.807, 2.05) is 0 Å². The molecule has 4 aromatic carbocycles. The number of benzene rings is 4. The number of nitrogens with zero attached hydrogens (tertiary/aromatic N) is 2. The minimum Gasteiger partial charge on any atom is -0.493 e. The van der Waals surface area contributed by atoms with Crippen LogP contribution in [0.15, 0.2) is 95.1 Å². The fraction of sp³-hybridized carbons (Fsp3) is 0.0909. The van der Waals surface area contributed by atoms with Crippen molar-refractivity contribution in [1.29, 1.82) is 0 Å². The lowest BCUT2D eigenvalue weighted by atomic mass is 10.2. The summed E-state index contributed by atoms with van der Waals surface area (Å²) < 4.78 is 21.4. The Balaban J connectivity index is 1.25. The average Bonchev–Trinajstić information content (AvgIpc) is 3.06. The maximum absolute atomic E-state index is 12.4. The number of carbonyl (C=O) groups is 4. The number of esters is 2. The Morgan fingerprint density at radius 3 is 1.34 bits per heavy atom. The van der Waals surface area contributed by atoms with E-state index in [1.54, 1.807) is 48.5 Å². The fourth-order valence-electron chi connectivity index (χ4n) is 3.77. The Bertz CT molecular complexity index is 1690. The fourth-order valence-corrected chi connectivity index (χ4v) is 4.02. The molecule has 0 fully saturated rings. The molecule has 0 aliphatic heterocycles. The molecule has 0 radical (unpaired) electrons. The van der Waals surface area contributed by atoms with Gasteiger partial charge >= 0.3 is 11.9 Å². The van der Waals surface area contributed by atoms with Crippen LogP contribution < -0.4 is 29.8 Å². The van der Waals surface area contributed by atoms with Gasteiger partial charge < -0.3 is 18.9 Å². The predicted molar refractivity (Wildman–Crippen MR) is 175 cm³/mol. The number of methoxy groups -OCH3 is 2. The summed E-state index contributed by atoms with van der Waals surface area (Å²) >= 11 is 11.7. The molecular formula is C33H26Cl2N4O8. The number of rotatable bonds is 12. The van der Waals surface area contributed by atoms with Crippen LogP contribution in [0, 0.1) is 0 Å². The van der Waals surface area contributed by atoms with E-state index in [9.17, 15) is 19.2 Å². The number of hydrogen-bond acceptors (Lipinski definition) is 10. The third kappa shape index (κ3) is 10.1. The van der Waals surface area contributed by atoms with Gasteiger partial charge in [0.15, 0.2) is 23.0 Å². The van der Waals surface area contributed by atoms with Crippen LogP contribution in [0.2, 0.25) is 10.0 Å². The first kappa shape index (κ1) is 34.2. The summed E-state index contributed by atoms with van der Waals surface area (Å²) in [6.07, 6.45) is 2.09. The molecule has 0 aromatic heterocycles. The number of halogens is 2. The van der Waals surface area contributed by atoms with Gasteiger partial charge in [-0.25, -0.2) is 20.4 Å². The van der Waals surface area contributed by atoms with Crippen molar-refractivity contribution >= 4 is 59.4 Å². The number of ether oxygens (including phenoxy) is 4. The molecule has 2 amide bonds. The van der Waals surface area contributed by atoms with Crippen molar-refractivity contribution in [3.8, 4) is 23.0 Å². The van der Waals surface area contributed by atoms with E-state index in [4.69, 9.17) is 42.1 Å². The van der Waals surface area contributed by atoms with Gasteiger partial charge in [-0.05, 0) is 96.1 Å². The van der Waals surface area contributed by atoms with Gasteiger partial charge in [-0.3, -0.25) is 9.59 Å². The molecule has 0 aliphatic carbocycles. The summed E-state index contributed by atoms with van der Waals surface area (Å²) in [6, 6.07) is 21.8. The van der Waals surface area contributed by atoms with Gasteiger partial charge in [0.1, 0.15) is 6.42 Å². The number of hydrazone groups is 2. The van der Waals surface area contributed by atoms with Crippen LogP contribution in [0.4, 0.5) is 0 Å².